The molecule has 0 aliphatic heterocycles. The van der Waals surface area contributed by atoms with Gasteiger partial charge in [-0.1, -0.05) is 29.3 Å². The molecule has 0 saturated carbocycles. The number of aromatic nitrogens is 1. The number of thioether (sulfide) groups is 1. The predicted molar refractivity (Wildman–Crippen MR) is 106 cm³/mol. The monoisotopic (exact) mass is 443 g/mol. The summed E-state index contributed by atoms with van der Waals surface area (Å²) in [5, 5.41) is 20.4. The first-order valence-corrected chi connectivity index (χ1v) is 9.99. The summed E-state index contributed by atoms with van der Waals surface area (Å²) < 4.78 is 5.16. The molecular weight excluding hydrogens is 433 g/mol. The molecule has 27 heavy (non-hydrogen) atoms. The highest BCUT2D eigenvalue weighted by atomic mass is 35.5. The number of fused-ring (bicyclic) bond motifs is 1. The van der Waals surface area contributed by atoms with E-state index in [1.807, 2.05) is 6.07 Å². The van der Waals surface area contributed by atoms with Crippen LogP contribution in [0.3, 0.4) is 0 Å². The molecule has 10 heteroatoms. The molecule has 0 bridgehead atoms. The first-order chi connectivity index (χ1) is 12.8. The van der Waals surface area contributed by atoms with Crippen molar-refractivity contribution in [2.24, 2.45) is 0 Å². The third-order valence-corrected chi connectivity index (χ3v) is 6.04. The van der Waals surface area contributed by atoms with E-state index in [9.17, 15) is 14.7 Å². The molecule has 0 spiro atoms. The number of benzene rings is 1. The quantitative estimate of drug-likeness (QED) is 0.492. The van der Waals surface area contributed by atoms with E-state index in [0.29, 0.717) is 31.0 Å². The van der Waals surface area contributed by atoms with Gasteiger partial charge < -0.3 is 14.9 Å². The lowest BCUT2D eigenvalue weighted by Gasteiger charge is -2.05. The number of aliphatic carboxylic acids is 1. The summed E-state index contributed by atoms with van der Waals surface area (Å²) >= 11 is 14.4. The molecule has 3 rings (SSSR count). The van der Waals surface area contributed by atoms with Crippen LogP contribution in [0.4, 0.5) is 0 Å². The SMILES string of the molecule is O=C(O)COc1c(C(=O)O)sc2nc(SCc3ccc(Cl)cc3Cl)ccc12. The lowest BCUT2D eigenvalue weighted by atomic mass is 10.2. The molecule has 0 aliphatic rings. The number of hydrogen-bond acceptors (Lipinski definition) is 6. The number of thiophene rings is 1. The minimum Gasteiger partial charge on any atom is -0.479 e. The van der Waals surface area contributed by atoms with Crippen LogP contribution in [-0.4, -0.2) is 33.7 Å². The lowest BCUT2D eigenvalue weighted by Crippen LogP contribution is -2.10. The number of carboxylic acids is 2. The number of hydrogen-bond donors (Lipinski definition) is 2. The molecule has 0 atom stereocenters. The maximum atomic E-state index is 11.4. The number of carboxylic acid groups (broad SMARTS) is 2. The Hall–Kier alpha value is -2.00. The Morgan fingerprint density at radius 3 is 2.63 bits per heavy atom. The van der Waals surface area contributed by atoms with Crippen LogP contribution in [-0.2, 0) is 10.5 Å². The summed E-state index contributed by atoms with van der Waals surface area (Å²) in [4.78, 5) is 27.0. The predicted octanol–water partition coefficient (Wildman–Crippen LogP) is 5.06. The minimum absolute atomic E-state index is 0.0229. The zero-order valence-electron chi connectivity index (χ0n) is 13.4. The van der Waals surface area contributed by atoms with Crippen molar-refractivity contribution in [3.05, 3.63) is 50.8 Å². The van der Waals surface area contributed by atoms with Gasteiger partial charge in [-0.05, 0) is 29.8 Å². The van der Waals surface area contributed by atoms with Crippen LogP contribution in [0.15, 0.2) is 35.4 Å². The summed E-state index contributed by atoms with van der Waals surface area (Å²) in [5.41, 5.74) is 0.899. The van der Waals surface area contributed by atoms with Crippen LogP contribution in [0.5, 0.6) is 5.75 Å². The van der Waals surface area contributed by atoms with E-state index in [-0.39, 0.29) is 10.6 Å². The second-order valence-corrected chi connectivity index (χ2v) is 8.11. The molecule has 0 radical (unpaired) electrons. The molecule has 0 fully saturated rings. The number of halogens is 2. The van der Waals surface area contributed by atoms with Gasteiger partial charge in [0, 0.05) is 15.8 Å². The first-order valence-electron chi connectivity index (χ1n) is 7.43. The van der Waals surface area contributed by atoms with Crippen molar-refractivity contribution in [2.75, 3.05) is 6.61 Å². The third-order valence-electron chi connectivity index (χ3n) is 3.41. The summed E-state index contributed by atoms with van der Waals surface area (Å²) in [6.07, 6.45) is 0. The Labute approximate surface area is 171 Å². The highest BCUT2D eigenvalue weighted by Gasteiger charge is 2.21. The largest absolute Gasteiger partial charge is 0.479 e. The van der Waals surface area contributed by atoms with E-state index in [0.717, 1.165) is 16.9 Å². The summed E-state index contributed by atoms with van der Waals surface area (Å²) in [7, 11) is 0. The zero-order valence-corrected chi connectivity index (χ0v) is 16.6. The van der Waals surface area contributed by atoms with Gasteiger partial charge in [0.05, 0.1) is 10.4 Å². The van der Waals surface area contributed by atoms with Crippen LogP contribution < -0.4 is 4.74 Å². The molecule has 1 aromatic carbocycles. The van der Waals surface area contributed by atoms with Gasteiger partial charge >= 0.3 is 11.9 Å². The van der Waals surface area contributed by atoms with Crippen molar-refractivity contribution >= 4 is 68.5 Å². The van der Waals surface area contributed by atoms with Gasteiger partial charge in [-0.15, -0.1) is 23.1 Å². The number of rotatable bonds is 7. The molecule has 2 aromatic heterocycles. The fourth-order valence-electron chi connectivity index (χ4n) is 2.23. The van der Waals surface area contributed by atoms with Crippen molar-refractivity contribution in [1.29, 1.82) is 0 Å². The van der Waals surface area contributed by atoms with Crippen molar-refractivity contribution < 1.29 is 24.5 Å². The summed E-state index contributed by atoms with van der Waals surface area (Å²) in [6.45, 7) is -0.627. The van der Waals surface area contributed by atoms with E-state index in [2.05, 4.69) is 4.98 Å². The fraction of sp³-hybridized carbons (Fsp3) is 0.118. The third kappa shape index (κ3) is 4.65. The lowest BCUT2D eigenvalue weighted by molar-refractivity contribution is -0.139. The highest BCUT2D eigenvalue weighted by Crippen LogP contribution is 2.38. The molecule has 0 amide bonds. The standard InChI is InChI=1S/C17H11Cl2NO5S2/c18-9-2-1-8(11(19)5-9)7-26-12-4-3-10-14(25-6-13(21)22)15(17(23)24)27-16(10)20-12/h1-5H,6-7H2,(H,21,22)(H,23,24). The van der Waals surface area contributed by atoms with Gasteiger partial charge in [0.2, 0.25) is 0 Å². The van der Waals surface area contributed by atoms with Crippen molar-refractivity contribution in [3.63, 3.8) is 0 Å². The Bertz CT molecular complexity index is 1040. The molecule has 2 N–H and O–H groups in total. The molecule has 0 aliphatic carbocycles. The second kappa shape index (κ2) is 8.35. The molecule has 0 unspecified atom stereocenters. The minimum atomic E-state index is -1.19. The van der Waals surface area contributed by atoms with Gasteiger partial charge in [-0.25, -0.2) is 14.6 Å². The van der Waals surface area contributed by atoms with Gasteiger partial charge in [0.15, 0.2) is 17.2 Å². The van der Waals surface area contributed by atoms with E-state index in [1.165, 1.54) is 11.8 Å². The molecule has 3 aromatic rings. The molecule has 140 valence electrons. The van der Waals surface area contributed by atoms with E-state index < -0.39 is 18.5 Å². The van der Waals surface area contributed by atoms with Crippen molar-refractivity contribution in [1.82, 2.24) is 4.98 Å². The topological polar surface area (TPSA) is 96.7 Å². The van der Waals surface area contributed by atoms with Crippen LogP contribution in [0.25, 0.3) is 10.2 Å². The Morgan fingerprint density at radius 1 is 1.19 bits per heavy atom. The van der Waals surface area contributed by atoms with Crippen LogP contribution >= 0.6 is 46.3 Å². The molecule has 0 saturated heterocycles. The number of carbonyl (C=O) groups is 2. The maximum Gasteiger partial charge on any atom is 0.349 e. The second-order valence-electron chi connectivity index (χ2n) is 5.27. The number of ether oxygens (including phenoxy) is 1. The van der Waals surface area contributed by atoms with Gasteiger partial charge in [-0.2, -0.15) is 0 Å². The Morgan fingerprint density at radius 2 is 1.96 bits per heavy atom. The Kier molecular flexibility index (Phi) is 6.11. The highest BCUT2D eigenvalue weighted by molar-refractivity contribution is 7.98. The van der Waals surface area contributed by atoms with E-state index in [4.69, 9.17) is 33.0 Å². The molecular formula is C17H11Cl2NO5S2. The van der Waals surface area contributed by atoms with Crippen molar-refractivity contribution in [3.8, 4) is 5.75 Å². The number of nitrogens with zero attached hydrogens (tertiary/aromatic N) is 1. The average Bonchev–Trinajstić information content (AvgIpc) is 2.97. The summed E-state index contributed by atoms with van der Waals surface area (Å²) in [5.74, 6) is -1.80. The van der Waals surface area contributed by atoms with E-state index in [1.54, 1.807) is 24.3 Å². The normalized spacial score (nSPS) is 10.9. The number of pyridine rings is 1. The smallest absolute Gasteiger partial charge is 0.349 e. The Balaban J connectivity index is 1.86. The average molecular weight is 444 g/mol. The summed E-state index contributed by atoms with van der Waals surface area (Å²) in [6, 6.07) is 8.66. The molecule has 6 nitrogen and oxygen atoms in total. The van der Waals surface area contributed by atoms with Crippen LogP contribution in [0.2, 0.25) is 10.0 Å². The number of aromatic carboxylic acids is 1. The van der Waals surface area contributed by atoms with Crippen LogP contribution in [0.1, 0.15) is 15.2 Å². The fourth-order valence-corrected chi connectivity index (χ4v) is 4.67. The zero-order chi connectivity index (χ0) is 19.6. The maximum absolute atomic E-state index is 11.4. The van der Waals surface area contributed by atoms with Crippen molar-refractivity contribution in [2.45, 2.75) is 10.8 Å². The van der Waals surface area contributed by atoms with Gasteiger partial charge in [0.25, 0.3) is 0 Å². The van der Waals surface area contributed by atoms with E-state index >= 15 is 0 Å². The van der Waals surface area contributed by atoms with Gasteiger partial charge in [0.1, 0.15) is 4.83 Å². The molecule has 2 heterocycles. The first kappa shape index (κ1) is 19.8. The van der Waals surface area contributed by atoms with Crippen LogP contribution in [0, 0.1) is 0 Å². The van der Waals surface area contributed by atoms with Gasteiger partial charge in [-0.3, -0.25) is 0 Å².